The summed E-state index contributed by atoms with van der Waals surface area (Å²) in [6.45, 7) is 19.2. The topological polar surface area (TPSA) is 24.3 Å². The van der Waals surface area contributed by atoms with Crippen LogP contribution < -0.4 is 9.80 Å². The number of benzene rings is 5. The molecule has 0 radical (unpaired) electrons. The van der Waals surface area contributed by atoms with E-state index in [0.29, 0.717) is 0 Å². The van der Waals surface area contributed by atoms with E-state index in [-0.39, 0.29) is 16.2 Å². The van der Waals surface area contributed by atoms with Crippen LogP contribution >= 0.6 is 0 Å². The van der Waals surface area contributed by atoms with E-state index < -0.39 is 0 Å². The molecule has 3 heterocycles. The Balaban J connectivity index is 1.28. The highest BCUT2D eigenvalue weighted by atomic mass is 15.4. The van der Waals surface area contributed by atoms with Crippen molar-refractivity contribution in [2.45, 2.75) is 71.6 Å². The molecule has 0 bridgehead atoms. The van der Waals surface area contributed by atoms with Crippen LogP contribution in [0.25, 0.3) is 27.6 Å². The van der Waals surface area contributed by atoms with Crippen molar-refractivity contribution in [1.29, 1.82) is 0 Å². The third-order valence-electron chi connectivity index (χ3n) is 10.9. The van der Waals surface area contributed by atoms with Gasteiger partial charge in [-0.1, -0.05) is 122 Å². The first-order chi connectivity index (χ1) is 24.3. The van der Waals surface area contributed by atoms with Crippen LogP contribution in [0.4, 0.5) is 22.7 Å². The number of aromatic nitrogens is 2. The van der Waals surface area contributed by atoms with Gasteiger partial charge in [0.15, 0.2) is 0 Å². The van der Waals surface area contributed by atoms with Crippen LogP contribution in [0.5, 0.6) is 0 Å². The van der Waals surface area contributed by atoms with E-state index in [2.05, 4.69) is 197 Å². The molecule has 256 valence electrons. The van der Waals surface area contributed by atoms with Crippen LogP contribution in [0.1, 0.15) is 77.6 Å². The number of hydrogen-bond acceptors (Lipinski definition) is 3. The average molecular weight is 669 g/mol. The first-order valence-corrected chi connectivity index (χ1v) is 18.2. The van der Waals surface area contributed by atoms with Gasteiger partial charge in [0, 0.05) is 33.8 Å². The molecule has 0 amide bonds. The Morgan fingerprint density at radius 1 is 0.471 bits per heavy atom. The maximum absolute atomic E-state index is 4.94. The van der Waals surface area contributed by atoms with E-state index in [1.54, 1.807) is 0 Å². The fraction of sp³-hybridized carbons (Fsp3) is 0.255. The van der Waals surface area contributed by atoms with Crippen LogP contribution in [0, 0.1) is 0 Å². The van der Waals surface area contributed by atoms with Crippen molar-refractivity contribution in [3.63, 3.8) is 0 Å². The molecule has 0 N–H and O–H groups in total. The molecule has 4 heteroatoms. The summed E-state index contributed by atoms with van der Waals surface area (Å²) in [5, 5.41) is 2.49. The van der Waals surface area contributed by atoms with Crippen LogP contribution in [0.3, 0.4) is 0 Å². The number of para-hydroxylation sites is 4. The standard InChI is InChI=1S/C47H48N4/c1-45(2,3)32-24-25-48-44(30-32)51-40-19-13-12-18-38(40)39-23-22-33(29-43(39)51)47(7,8)35-26-34(46(4,5)6)27-37(28-35)50-31-49(36-16-10-9-11-17-36)41-20-14-15-21-42(41)50/h9-30H,31H2,1-8H3. The molecule has 0 spiro atoms. The number of fused-ring (bicyclic) bond motifs is 4. The average Bonchev–Trinajstić information content (AvgIpc) is 3.67. The third kappa shape index (κ3) is 5.67. The second-order valence-corrected chi connectivity index (χ2v) is 16.7. The molecule has 0 aliphatic carbocycles. The van der Waals surface area contributed by atoms with Crippen LogP contribution in [0.15, 0.2) is 134 Å². The molecule has 4 nitrogen and oxygen atoms in total. The van der Waals surface area contributed by atoms with Crippen molar-refractivity contribution < 1.29 is 0 Å². The number of nitrogens with zero attached hydrogens (tertiary/aromatic N) is 4. The van der Waals surface area contributed by atoms with Gasteiger partial charge in [-0.05, 0) is 93.7 Å². The van der Waals surface area contributed by atoms with Crippen molar-refractivity contribution in [2.75, 3.05) is 16.5 Å². The Hall–Kier alpha value is -5.35. The van der Waals surface area contributed by atoms with Crippen molar-refractivity contribution in [3.8, 4) is 5.82 Å². The normalized spacial score (nSPS) is 13.7. The summed E-state index contributed by atoms with van der Waals surface area (Å²) in [6.07, 6.45) is 1.96. The van der Waals surface area contributed by atoms with Gasteiger partial charge in [0.2, 0.25) is 0 Å². The molecule has 0 fully saturated rings. The van der Waals surface area contributed by atoms with Crippen LogP contribution in [-0.4, -0.2) is 16.2 Å². The summed E-state index contributed by atoms with van der Waals surface area (Å²) < 4.78 is 2.36. The van der Waals surface area contributed by atoms with E-state index in [1.165, 1.54) is 66.8 Å². The molecule has 2 aromatic heterocycles. The third-order valence-corrected chi connectivity index (χ3v) is 10.9. The van der Waals surface area contributed by atoms with Crippen molar-refractivity contribution in [1.82, 2.24) is 9.55 Å². The smallest absolute Gasteiger partial charge is 0.137 e. The highest BCUT2D eigenvalue weighted by Gasteiger charge is 2.32. The lowest BCUT2D eigenvalue weighted by atomic mass is 9.75. The summed E-state index contributed by atoms with van der Waals surface area (Å²) >= 11 is 0. The lowest BCUT2D eigenvalue weighted by molar-refractivity contribution is 0.582. The Kier molecular flexibility index (Phi) is 7.64. The molecule has 7 aromatic rings. The van der Waals surface area contributed by atoms with Gasteiger partial charge in [0.1, 0.15) is 12.5 Å². The highest BCUT2D eigenvalue weighted by molar-refractivity contribution is 6.09. The predicted octanol–water partition coefficient (Wildman–Crippen LogP) is 12.3. The second kappa shape index (κ2) is 11.9. The van der Waals surface area contributed by atoms with Gasteiger partial charge in [-0.3, -0.25) is 4.57 Å². The fourth-order valence-corrected chi connectivity index (χ4v) is 7.60. The number of pyridine rings is 1. The van der Waals surface area contributed by atoms with Crippen molar-refractivity contribution in [3.05, 3.63) is 156 Å². The zero-order chi connectivity index (χ0) is 35.7. The molecular formula is C47H48N4. The monoisotopic (exact) mass is 668 g/mol. The molecule has 0 saturated heterocycles. The lowest BCUT2D eigenvalue weighted by Crippen LogP contribution is -2.26. The van der Waals surface area contributed by atoms with Gasteiger partial charge in [-0.25, -0.2) is 4.98 Å². The van der Waals surface area contributed by atoms with E-state index in [1.807, 2.05) is 6.20 Å². The highest BCUT2D eigenvalue weighted by Crippen LogP contribution is 2.46. The zero-order valence-electron chi connectivity index (χ0n) is 31.2. The molecule has 0 saturated carbocycles. The quantitative estimate of drug-likeness (QED) is 0.182. The predicted molar refractivity (Wildman–Crippen MR) is 217 cm³/mol. The SMILES string of the molecule is CC(C)(C)c1cc(N2CN(c3ccccc3)c3ccccc32)cc(C(C)(C)c2ccc3c4ccccc4n(-c4cc(C(C)(C)C)ccn4)c3c2)c1. The number of anilines is 4. The van der Waals surface area contributed by atoms with Crippen molar-refractivity contribution in [2.24, 2.45) is 0 Å². The Morgan fingerprint density at radius 2 is 1.08 bits per heavy atom. The van der Waals surface area contributed by atoms with Gasteiger partial charge in [0.25, 0.3) is 0 Å². The van der Waals surface area contributed by atoms with E-state index >= 15 is 0 Å². The first-order valence-electron chi connectivity index (χ1n) is 18.2. The summed E-state index contributed by atoms with van der Waals surface area (Å²) in [4.78, 5) is 9.83. The molecule has 8 rings (SSSR count). The minimum absolute atomic E-state index is 0.0212. The molecular weight excluding hydrogens is 621 g/mol. The minimum atomic E-state index is -0.287. The summed E-state index contributed by atoms with van der Waals surface area (Å²) in [6, 6.07) is 47.0. The van der Waals surface area contributed by atoms with Crippen molar-refractivity contribution >= 4 is 44.6 Å². The molecule has 51 heavy (non-hydrogen) atoms. The minimum Gasteiger partial charge on any atom is -0.321 e. The van der Waals surface area contributed by atoms with Gasteiger partial charge < -0.3 is 9.80 Å². The number of rotatable bonds is 5. The summed E-state index contributed by atoms with van der Waals surface area (Å²) in [5.74, 6) is 0.955. The molecule has 0 unspecified atom stereocenters. The second-order valence-electron chi connectivity index (χ2n) is 16.7. The van der Waals surface area contributed by atoms with Crippen LogP contribution in [-0.2, 0) is 16.2 Å². The number of hydrogen-bond donors (Lipinski definition) is 0. The van der Waals surface area contributed by atoms with E-state index in [4.69, 9.17) is 4.98 Å². The summed E-state index contributed by atoms with van der Waals surface area (Å²) in [5.41, 5.74) is 12.1. The van der Waals surface area contributed by atoms with E-state index in [0.717, 1.165) is 12.5 Å². The Bertz CT molecular complexity index is 2400. The van der Waals surface area contributed by atoms with Gasteiger partial charge in [0.05, 0.1) is 22.4 Å². The maximum atomic E-state index is 4.94. The van der Waals surface area contributed by atoms with Gasteiger partial charge in [-0.15, -0.1) is 0 Å². The molecule has 1 aliphatic rings. The maximum Gasteiger partial charge on any atom is 0.137 e. The molecule has 5 aromatic carbocycles. The van der Waals surface area contributed by atoms with Crippen LogP contribution in [0.2, 0.25) is 0 Å². The zero-order valence-corrected chi connectivity index (χ0v) is 31.2. The molecule has 0 atom stereocenters. The largest absolute Gasteiger partial charge is 0.321 e. The van der Waals surface area contributed by atoms with Gasteiger partial charge >= 0.3 is 0 Å². The van der Waals surface area contributed by atoms with Gasteiger partial charge in [-0.2, -0.15) is 0 Å². The Morgan fingerprint density at radius 3 is 1.78 bits per heavy atom. The summed E-state index contributed by atoms with van der Waals surface area (Å²) in [7, 11) is 0. The Labute approximate surface area is 303 Å². The van der Waals surface area contributed by atoms with E-state index in [9.17, 15) is 0 Å². The fourth-order valence-electron chi connectivity index (χ4n) is 7.60. The first kappa shape index (κ1) is 32.8. The lowest BCUT2D eigenvalue weighted by Gasteiger charge is -2.32. The molecule has 1 aliphatic heterocycles.